The molecule has 0 saturated carbocycles. The predicted molar refractivity (Wildman–Crippen MR) is 125 cm³/mol. The Balaban J connectivity index is 1.74. The van der Waals surface area contributed by atoms with Gasteiger partial charge >= 0.3 is 5.97 Å². The van der Waals surface area contributed by atoms with Crippen molar-refractivity contribution in [2.75, 3.05) is 14.2 Å². The van der Waals surface area contributed by atoms with Gasteiger partial charge in [0, 0.05) is 0 Å². The highest BCUT2D eigenvalue weighted by atomic mass is 16.5. The van der Waals surface area contributed by atoms with Crippen LogP contribution in [0.5, 0.6) is 23.0 Å². The number of hydrogen-bond acceptors (Lipinski definition) is 4. The summed E-state index contributed by atoms with van der Waals surface area (Å²) >= 11 is 0. The lowest BCUT2D eigenvalue weighted by Gasteiger charge is -2.12. The molecule has 1 N–H and O–H groups in total. The third kappa shape index (κ3) is 4.23. The van der Waals surface area contributed by atoms with Gasteiger partial charge in [-0.1, -0.05) is 30.3 Å². The van der Waals surface area contributed by atoms with Crippen molar-refractivity contribution in [3.63, 3.8) is 0 Å². The molecule has 162 valence electrons. The van der Waals surface area contributed by atoms with E-state index < -0.39 is 5.97 Å². The van der Waals surface area contributed by atoms with Crippen molar-refractivity contribution in [3.8, 4) is 23.0 Å². The number of carboxylic acid groups (broad SMARTS) is 1. The fourth-order valence-electron chi connectivity index (χ4n) is 3.91. The lowest BCUT2D eigenvalue weighted by Crippen LogP contribution is -1.97. The van der Waals surface area contributed by atoms with Gasteiger partial charge in [-0.05, 0) is 82.8 Å². The minimum Gasteiger partial charge on any atom is -0.497 e. The number of fused-ring (bicyclic) bond motifs is 1. The number of rotatable bonds is 7. The maximum atomic E-state index is 11.5. The van der Waals surface area contributed by atoms with Gasteiger partial charge in [0.25, 0.3) is 0 Å². The molecule has 0 heterocycles. The number of aliphatic carboxylic acids is 1. The lowest BCUT2D eigenvalue weighted by molar-refractivity contribution is -0.135. The molecule has 3 aromatic rings. The van der Waals surface area contributed by atoms with E-state index in [9.17, 15) is 9.90 Å². The third-order valence-corrected chi connectivity index (χ3v) is 5.50. The van der Waals surface area contributed by atoms with Crippen LogP contribution in [0.3, 0.4) is 0 Å². The van der Waals surface area contributed by atoms with Crippen molar-refractivity contribution in [1.29, 1.82) is 0 Å². The molecule has 0 bridgehead atoms. The molecule has 0 aliphatic heterocycles. The van der Waals surface area contributed by atoms with E-state index in [1.807, 2.05) is 79.7 Å². The molecular weight excluding hydrogens is 404 g/mol. The van der Waals surface area contributed by atoms with Gasteiger partial charge in [0.2, 0.25) is 0 Å². The molecule has 5 heteroatoms. The monoisotopic (exact) mass is 428 g/mol. The highest BCUT2D eigenvalue weighted by molar-refractivity contribution is 6.07. The van der Waals surface area contributed by atoms with Crippen LogP contribution >= 0.6 is 0 Å². The number of carboxylic acids is 1. The summed E-state index contributed by atoms with van der Waals surface area (Å²) in [6, 6.07) is 21.0. The summed E-state index contributed by atoms with van der Waals surface area (Å²) in [4.78, 5) is 11.5. The zero-order chi connectivity index (χ0) is 22.7. The Morgan fingerprint density at radius 1 is 0.875 bits per heavy atom. The highest BCUT2D eigenvalue weighted by Gasteiger charge is 2.25. The van der Waals surface area contributed by atoms with Crippen molar-refractivity contribution < 1.29 is 24.1 Å². The van der Waals surface area contributed by atoms with Crippen LogP contribution in [0.4, 0.5) is 0 Å². The average molecular weight is 428 g/mol. The molecule has 0 unspecified atom stereocenters. The molecule has 0 atom stereocenters. The quantitative estimate of drug-likeness (QED) is 0.478. The Hall–Kier alpha value is -3.99. The molecule has 1 aliphatic carbocycles. The van der Waals surface area contributed by atoms with E-state index >= 15 is 0 Å². The van der Waals surface area contributed by atoms with Crippen molar-refractivity contribution >= 4 is 23.2 Å². The molecule has 0 aromatic heterocycles. The molecule has 4 rings (SSSR count). The van der Waals surface area contributed by atoms with Gasteiger partial charge in [-0.15, -0.1) is 0 Å². The van der Waals surface area contributed by atoms with Gasteiger partial charge in [-0.2, -0.15) is 0 Å². The van der Waals surface area contributed by atoms with E-state index in [4.69, 9.17) is 14.2 Å². The molecule has 0 fully saturated rings. The largest absolute Gasteiger partial charge is 0.497 e. The summed E-state index contributed by atoms with van der Waals surface area (Å²) in [6.07, 6.45) is 2.00. The van der Waals surface area contributed by atoms with E-state index in [0.29, 0.717) is 17.2 Å². The number of hydrogen-bond donors (Lipinski definition) is 1. The summed E-state index contributed by atoms with van der Waals surface area (Å²) in [5, 5.41) is 9.42. The van der Waals surface area contributed by atoms with Gasteiger partial charge < -0.3 is 19.3 Å². The summed E-state index contributed by atoms with van der Waals surface area (Å²) in [6.45, 7) is 1.96. The maximum Gasteiger partial charge on any atom is 0.307 e. The first-order valence-corrected chi connectivity index (χ1v) is 10.2. The first-order chi connectivity index (χ1) is 15.5. The molecule has 1 aliphatic rings. The second-order valence-corrected chi connectivity index (χ2v) is 7.47. The molecule has 0 amide bonds. The first-order valence-electron chi connectivity index (χ1n) is 10.2. The summed E-state index contributed by atoms with van der Waals surface area (Å²) in [5.41, 5.74) is 5.54. The summed E-state index contributed by atoms with van der Waals surface area (Å²) in [5.74, 6) is 1.80. The van der Waals surface area contributed by atoms with Crippen LogP contribution in [0.15, 0.2) is 72.3 Å². The van der Waals surface area contributed by atoms with E-state index in [-0.39, 0.29) is 6.42 Å². The fourth-order valence-corrected chi connectivity index (χ4v) is 3.91. The fraction of sp³-hybridized carbons (Fsp3) is 0.148. The Morgan fingerprint density at radius 3 is 2.34 bits per heavy atom. The number of ether oxygens (including phenoxy) is 3. The molecule has 0 spiro atoms. The average Bonchev–Trinajstić information content (AvgIpc) is 3.05. The highest BCUT2D eigenvalue weighted by Crippen LogP contribution is 2.45. The SMILES string of the molecule is COc1ccc2c(c1)C(CC(=O)O)=C(C)/C2=C/c1ccc(Oc2ccccc2)c(OC)c1. The normalized spacial score (nSPS) is 13.8. The van der Waals surface area contributed by atoms with Crippen LogP contribution in [0, 0.1) is 0 Å². The van der Waals surface area contributed by atoms with E-state index in [1.54, 1.807) is 14.2 Å². The molecule has 0 radical (unpaired) electrons. The number of para-hydroxylation sites is 1. The van der Waals surface area contributed by atoms with Crippen LogP contribution in [0.1, 0.15) is 30.0 Å². The maximum absolute atomic E-state index is 11.5. The molecule has 3 aromatic carbocycles. The molecule has 5 nitrogen and oxygen atoms in total. The van der Waals surface area contributed by atoms with Crippen molar-refractivity contribution in [2.45, 2.75) is 13.3 Å². The minimum absolute atomic E-state index is 0.0451. The smallest absolute Gasteiger partial charge is 0.307 e. The first kappa shape index (κ1) is 21.2. The number of allylic oxidation sites excluding steroid dienone is 2. The Kier molecular flexibility index (Phi) is 5.99. The number of carbonyl (C=O) groups is 1. The second-order valence-electron chi connectivity index (χ2n) is 7.47. The minimum atomic E-state index is -0.863. The van der Waals surface area contributed by atoms with Crippen LogP contribution < -0.4 is 14.2 Å². The molecular formula is C27H24O5. The van der Waals surface area contributed by atoms with E-state index in [0.717, 1.165) is 39.2 Å². The van der Waals surface area contributed by atoms with Gasteiger partial charge in [-0.3, -0.25) is 4.79 Å². The summed E-state index contributed by atoms with van der Waals surface area (Å²) in [7, 11) is 3.21. The molecule has 0 saturated heterocycles. The molecule has 32 heavy (non-hydrogen) atoms. The van der Waals surface area contributed by atoms with Crippen LogP contribution in [0.2, 0.25) is 0 Å². The standard InChI is InChI=1S/C27H24O5/c1-17-22(21-11-10-20(30-2)15-24(21)23(17)16-27(28)29)13-18-9-12-25(26(14-18)31-3)32-19-7-5-4-6-8-19/h4-15H,16H2,1-3H3,(H,28,29)/b22-13-. The van der Waals surface area contributed by atoms with Gasteiger partial charge in [-0.25, -0.2) is 0 Å². The van der Waals surface area contributed by atoms with Crippen molar-refractivity contribution in [1.82, 2.24) is 0 Å². The zero-order valence-electron chi connectivity index (χ0n) is 18.2. The van der Waals surface area contributed by atoms with Gasteiger partial charge in [0.15, 0.2) is 11.5 Å². The van der Waals surface area contributed by atoms with Gasteiger partial charge in [0.05, 0.1) is 20.6 Å². The number of benzene rings is 3. The Morgan fingerprint density at radius 2 is 1.66 bits per heavy atom. The Bertz CT molecular complexity index is 1220. The zero-order valence-corrected chi connectivity index (χ0v) is 18.2. The van der Waals surface area contributed by atoms with Crippen molar-refractivity contribution in [3.05, 3.63) is 89.0 Å². The third-order valence-electron chi connectivity index (χ3n) is 5.50. The lowest BCUT2D eigenvalue weighted by atomic mass is 10.00. The topological polar surface area (TPSA) is 65.0 Å². The van der Waals surface area contributed by atoms with Crippen molar-refractivity contribution in [2.24, 2.45) is 0 Å². The van der Waals surface area contributed by atoms with Gasteiger partial charge in [0.1, 0.15) is 11.5 Å². The summed E-state index contributed by atoms with van der Waals surface area (Å²) < 4.78 is 16.9. The van der Waals surface area contributed by atoms with Crippen LogP contribution in [0.25, 0.3) is 17.2 Å². The van der Waals surface area contributed by atoms with Crippen LogP contribution in [-0.2, 0) is 4.79 Å². The van der Waals surface area contributed by atoms with E-state index in [2.05, 4.69) is 0 Å². The second kappa shape index (κ2) is 9.02. The Labute approximate surface area is 187 Å². The van der Waals surface area contributed by atoms with Crippen LogP contribution in [-0.4, -0.2) is 25.3 Å². The van der Waals surface area contributed by atoms with E-state index in [1.165, 1.54) is 0 Å². The number of methoxy groups -OCH3 is 2. The predicted octanol–water partition coefficient (Wildman–Crippen LogP) is 6.30.